The van der Waals surface area contributed by atoms with Crippen LogP contribution in [0.4, 0.5) is 0 Å². The summed E-state index contributed by atoms with van der Waals surface area (Å²) in [5.41, 5.74) is 0.900. The lowest BCUT2D eigenvalue weighted by atomic mass is 10.1. The van der Waals surface area contributed by atoms with Crippen molar-refractivity contribution in [3.8, 4) is 0 Å². The third kappa shape index (κ3) is 1.33. The zero-order chi connectivity index (χ0) is 9.42. The third-order valence-electron chi connectivity index (χ3n) is 1.98. The summed E-state index contributed by atoms with van der Waals surface area (Å²) >= 11 is 5.98. The van der Waals surface area contributed by atoms with Crippen molar-refractivity contribution in [2.75, 3.05) is 0 Å². The van der Waals surface area contributed by atoms with Crippen LogP contribution in [0.5, 0.6) is 0 Å². The molecular weight excluding hydrogens is 186 g/mol. The topological polar surface area (TPSA) is 32.9 Å². The lowest BCUT2D eigenvalue weighted by Crippen LogP contribution is -2.04. The van der Waals surface area contributed by atoms with Crippen LogP contribution >= 0.6 is 11.6 Å². The van der Waals surface area contributed by atoms with Crippen LogP contribution in [0, 0.1) is 6.92 Å². The first-order valence-corrected chi connectivity index (χ1v) is 4.34. The molecule has 0 saturated heterocycles. The van der Waals surface area contributed by atoms with Gasteiger partial charge >= 0.3 is 0 Å². The van der Waals surface area contributed by atoms with Crippen LogP contribution in [0.1, 0.15) is 5.56 Å². The molecule has 0 unspecified atom stereocenters. The Kier molecular flexibility index (Phi) is 1.85. The fraction of sp³-hybridized carbons (Fsp3) is 0.100. The number of fused-ring (bicyclic) bond motifs is 1. The van der Waals surface area contributed by atoms with Gasteiger partial charge in [-0.05, 0) is 30.7 Å². The lowest BCUT2D eigenvalue weighted by Gasteiger charge is -2.00. The molecule has 0 bridgehead atoms. The summed E-state index contributed by atoms with van der Waals surface area (Å²) in [5.74, 6) is 0. The van der Waals surface area contributed by atoms with E-state index in [1.165, 1.54) is 0 Å². The zero-order valence-corrected chi connectivity index (χ0v) is 7.85. The molecule has 66 valence electrons. The maximum atomic E-state index is 11.4. The normalized spacial score (nSPS) is 10.6. The predicted octanol–water partition coefficient (Wildman–Crippen LogP) is 2.49. The summed E-state index contributed by atoms with van der Waals surface area (Å²) in [5, 5.41) is 2.07. The first kappa shape index (κ1) is 8.32. The number of halogens is 1. The van der Waals surface area contributed by atoms with Crippen molar-refractivity contribution in [2.24, 2.45) is 0 Å². The number of hydrogen-bond donors (Lipinski definition) is 1. The van der Waals surface area contributed by atoms with Gasteiger partial charge in [0.2, 0.25) is 0 Å². The molecule has 0 spiro atoms. The van der Waals surface area contributed by atoms with Crippen LogP contribution in [-0.4, -0.2) is 4.98 Å². The van der Waals surface area contributed by atoms with Crippen LogP contribution in [0.25, 0.3) is 10.8 Å². The molecule has 0 aliphatic rings. The van der Waals surface area contributed by atoms with Crippen molar-refractivity contribution in [3.63, 3.8) is 0 Å². The molecule has 1 aromatic heterocycles. The molecule has 1 heterocycles. The smallest absolute Gasteiger partial charge is 0.255 e. The van der Waals surface area contributed by atoms with Gasteiger partial charge in [-0.2, -0.15) is 0 Å². The van der Waals surface area contributed by atoms with E-state index in [-0.39, 0.29) is 5.56 Å². The monoisotopic (exact) mass is 193 g/mol. The maximum Gasteiger partial charge on any atom is 0.255 e. The maximum absolute atomic E-state index is 11.4. The molecule has 1 aromatic carbocycles. The number of aromatic nitrogens is 1. The van der Waals surface area contributed by atoms with Gasteiger partial charge in [0.05, 0.1) is 0 Å². The van der Waals surface area contributed by atoms with E-state index in [9.17, 15) is 4.79 Å². The largest absolute Gasteiger partial charge is 0.329 e. The molecule has 0 fully saturated rings. The van der Waals surface area contributed by atoms with Crippen LogP contribution in [0.2, 0.25) is 5.02 Å². The molecule has 0 radical (unpaired) electrons. The fourth-order valence-corrected chi connectivity index (χ4v) is 1.73. The van der Waals surface area contributed by atoms with Crippen molar-refractivity contribution in [2.45, 2.75) is 6.92 Å². The van der Waals surface area contributed by atoms with Gasteiger partial charge in [0.25, 0.3) is 5.56 Å². The molecule has 2 aromatic rings. The summed E-state index contributed by atoms with van der Waals surface area (Å²) in [7, 11) is 0. The number of hydrogen-bond acceptors (Lipinski definition) is 1. The Morgan fingerprint density at radius 1 is 1.31 bits per heavy atom. The number of rotatable bonds is 0. The number of aryl methyl sites for hydroxylation is 1. The van der Waals surface area contributed by atoms with Gasteiger partial charge < -0.3 is 4.98 Å². The Labute approximate surface area is 80.2 Å². The molecule has 2 nitrogen and oxygen atoms in total. The van der Waals surface area contributed by atoms with Gasteiger partial charge in [-0.3, -0.25) is 4.79 Å². The number of aromatic amines is 1. The van der Waals surface area contributed by atoms with Gasteiger partial charge in [-0.1, -0.05) is 11.6 Å². The molecule has 1 N–H and O–H groups in total. The SMILES string of the molecule is Cc1cc(Cl)c2cc[nH]c(=O)c2c1. The van der Waals surface area contributed by atoms with Gasteiger partial charge in [0.1, 0.15) is 0 Å². The molecule has 0 atom stereocenters. The Balaban J connectivity index is 3.03. The second kappa shape index (κ2) is 2.89. The molecule has 3 heteroatoms. The van der Waals surface area contributed by atoms with Crippen LogP contribution in [0.15, 0.2) is 29.2 Å². The summed E-state index contributed by atoms with van der Waals surface area (Å²) in [4.78, 5) is 14.0. The van der Waals surface area contributed by atoms with Crippen molar-refractivity contribution < 1.29 is 0 Å². The van der Waals surface area contributed by atoms with E-state index in [4.69, 9.17) is 11.6 Å². The molecule has 0 aliphatic heterocycles. The number of H-pyrrole nitrogens is 1. The van der Waals surface area contributed by atoms with E-state index in [0.717, 1.165) is 10.9 Å². The fourth-order valence-electron chi connectivity index (χ4n) is 1.39. The van der Waals surface area contributed by atoms with Crippen LogP contribution in [0.3, 0.4) is 0 Å². The van der Waals surface area contributed by atoms with E-state index in [0.29, 0.717) is 10.4 Å². The highest BCUT2D eigenvalue weighted by Gasteiger charge is 2.02. The van der Waals surface area contributed by atoms with E-state index in [2.05, 4.69) is 4.98 Å². The molecule has 13 heavy (non-hydrogen) atoms. The van der Waals surface area contributed by atoms with Gasteiger partial charge in [-0.25, -0.2) is 0 Å². The molecule has 2 rings (SSSR count). The number of nitrogens with one attached hydrogen (secondary N) is 1. The zero-order valence-electron chi connectivity index (χ0n) is 7.10. The summed E-state index contributed by atoms with van der Waals surface area (Å²) in [6, 6.07) is 5.49. The molecule has 0 aliphatic carbocycles. The molecular formula is C10H8ClNO. The summed E-state index contributed by atoms with van der Waals surface area (Å²) in [6.07, 6.45) is 1.60. The third-order valence-corrected chi connectivity index (χ3v) is 2.30. The highest BCUT2D eigenvalue weighted by molar-refractivity contribution is 6.35. The Bertz CT molecular complexity index is 516. The predicted molar refractivity (Wildman–Crippen MR) is 54.3 cm³/mol. The second-order valence-electron chi connectivity index (χ2n) is 3.01. The number of benzene rings is 1. The van der Waals surface area contributed by atoms with Crippen LogP contribution < -0.4 is 5.56 Å². The first-order valence-electron chi connectivity index (χ1n) is 3.96. The van der Waals surface area contributed by atoms with Crippen molar-refractivity contribution in [1.82, 2.24) is 4.98 Å². The van der Waals surface area contributed by atoms with Crippen LogP contribution in [-0.2, 0) is 0 Å². The Hall–Kier alpha value is -1.28. The number of pyridine rings is 1. The van der Waals surface area contributed by atoms with Gasteiger partial charge in [0.15, 0.2) is 0 Å². The van der Waals surface area contributed by atoms with E-state index >= 15 is 0 Å². The lowest BCUT2D eigenvalue weighted by molar-refractivity contribution is 1.27. The standard InChI is InChI=1S/C10H8ClNO/c1-6-4-8-7(9(11)5-6)2-3-12-10(8)13/h2-5H,1H3,(H,12,13). The first-order chi connectivity index (χ1) is 6.18. The average molecular weight is 194 g/mol. The summed E-state index contributed by atoms with van der Waals surface area (Å²) in [6.45, 7) is 1.91. The molecule has 0 saturated carbocycles. The van der Waals surface area contributed by atoms with E-state index in [1.807, 2.05) is 19.1 Å². The van der Waals surface area contributed by atoms with E-state index < -0.39 is 0 Å². The van der Waals surface area contributed by atoms with E-state index in [1.54, 1.807) is 12.3 Å². The average Bonchev–Trinajstić information content (AvgIpc) is 2.07. The highest BCUT2D eigenvalue weighted by Crippen LogP contribution is 2.21. The minimum Gasteiger partial charge on any atom is -0.329 e. The Morgan fingerprint density at radius 2 is 2.08 bits per heavy atom. The van der Waals surface area contributed by atoms with Gasteiger partial charge in [0, 0.05) is 22.0 Å². The summed E-state index contributed by atoms with van der Waals surface area (Å²) < 4.78 is 0. The molecule has 0 amide bonds. The second-order valence-corrected chi connectivity index (χ2v) is 3.42. The van der Waals surface area contributed by atoms with Crippen molar-refractivity contribution >= 4 is 22.4 Å². The Morgan fingerprint density at radius 3 is 2.85 bits per heavy atom. The van der Waals surface area contributed by atoms with Crippen molar-refractivity contribution in [3.05, 3.63) is 45.3 Å². The minimum atomic E-state index is -0.0944. The van der Waals surface area contributed by atoms with Crippen molar-refractivity contribution in [1.29, 1.82) is 0 Å². The highest BCUT2D eigenvalue weighted by atomic mass is 35.5. The minimum absolute atomic E-state index is 0.0944. The van der Waals surface area contributed by atoms with Gasteiger partial charge in [-0.15, -0.1) is 0 Å². The quantitative estimate of drug-likeness (QED) is 0.685.